The quantitative estimate of drug-likeness (QED) is 0.344. The third kappa shape index (κ3) is 5.90. The molecule has 1 amide bonds. The van der Waals surface area contributed by atoms with Gasteiger partial charge in [0.15, 0.2) is 11.6 Å². The molecule has 2 saturated carbocycles. The maximum Gasteiger partial charge on any atom is 0.243 e. The third-order valence-electron chi connectivity index (χ3n) is 7.97. The first-order valence-electron chi connectivity index (χ1n) is 13.6. The Kier molecular flexibility index (Phi) is 8.23. The topological polar surface area (TPSA) is 46.9 Å². The molecular formula is C30H34ClF2N3O. The van der Waals surface area contributed by atoms with Crippen molar-refractivity contribution in [3.8, 4) is 11.4 Å². The van der Waals surface area contributed by atoms with Gasteiger partial charge in [0.05, 0.1) is 5.56 Å². The van der Waals surface area contributed by atoms with Gasteiger partial charge in [-0.05, 0) is 67.3 Å². The van der Waals surface area contributed by atoms with Gasteiger partial charge in [0.25, 0.3) is 0 Å². The monoisotopic (exact) mass is 525 g/mol. The van der Waals surface area contributed by atoms with Crippen LogP contribution in [0.25, 0.3) is 11.4 Å². The number of carbonyl (C=O) groups excluding carboxylic acids is 1. The number of hydrogen-bond acceptors (Lipinski definition) is 2. The van der Waals surface area contributed by atoms with Gasteiger partial charge in [-0.3, -0.25) is 4.79 Å². The van der Waals surface area contributed by atoms with Crippen LogP contribution in [-0.2, 0) is 11.2 Å². The SMILES string of the molecule is O=C(NC1CCCCC1)C(C1CCCCC1)n1ccnc1-c1c(Cc2cccc(Cl)c2)ccc(F)c1F. The van der Waals surface area contributed by atoms with E-state index in [0.717, 1.165) is 69.4 Å². The minimum absolute atomic E-state index is 0.0359. The van der Waals surface area contributed by atoms with Crippen molar-refractivity contribution in [2.75, 3.05) is 0 Å². The van der Waals surface area contributed by atoms with Crippen LogP contribution >= 0.6 is 11.6 Å². The van der Waals surface area contributed by atoms with Gasteiger partial charge in [-0.1, -0.05) is 68.3 Å². The van der Waals surface area contributed by atoms with Crippen molar-refractivity contribution in [1.82, 2.24) is 14.9 Å². The number of hydrogen-bond donors (Lipinski definition) is 1. The lowest BCUT2D eigenvalue weighted by molar-refractivity contribution is -0.127. The zero-order valence-electron chi connectivity index (χ0n) is 21.1. The molecule has 3 aromatic rings. The first-order chi connectivity index (χ1) is 18.0. The fourth-order valence-electron chi connectivity index (χ4n) is 6.13. The summed E-state index contributed by atoms with van der Waals surface area (Å²) < 4.78 is 31.9. The zero-order valence-corrected chi connectivity index (χ0v) is 21.8. The Morgan fingerprint density at radius 3 is 2.49 bits per heavy atom. The molecule has 37 heavy (non-hydrogen) atoms. The molecular weight excluding hydrogens is 492 g/mol. The molecule has 2 aliphatic rings. The fraction of sp³-hybridized carbons (Fsp3) is 0.467. The molecule has 1 aromatic heterocycles. The Labute approximate surface area is 222 Å². The van der Waals surface area contributed by atoms with Crippen molar-refractivity contribution in [2.24, 2.45) is 5.92 Å². The maximum atomic E-state index is 15.5. The number of aromatic nitrogens is 2. The van der Waals surface area contributed by atoms with Gasteiger partial charge < -0.3 is 9.88 Å². The first-order valence-corrected chi connectivity index (χ1v) is 13.9. The first kappa shape index (κ1) is 25.9. The van der Waals surface area contributed by atoms with E-state index in [-0.39, 0.29) is 23.4 Å². The normalized spacial score (nSPS) is 18.0. The van der Waals surface area contributed by atoms with Crippen LogP contribution in [0.15, 0.2) is 48.8 Å². The molecule has 0 saturated heterocycles. The van der Waals surface area contributed by atoms with E-state index in [1.54, 1.807) is 29.1 Å². The highest BCUT2D eigenvalue weighted by Crippen LogP contribution is 2.38. The van der Waals surface area contributed by atoms with Gasteiger partial charge in [-0.2, -0.15) is 0 Å². The third-order valence-corrected chi connectivity index (χ3v) is 8.21. The second-order valence-electron chi connectivity index (χ2n) is 10.5. The van der Waals surface area contributed by atoms with Crippen LogP contribution in [0.5, 0.6) is 0 Å². The summed E-state index contributed by atoms with van der Waals surface area (Å²) in [6, 6.07) is 9.76. The van der Waals surface area contributed by atoms with E-state index < -0.39 is 17.7 Å². The zero-order chi connectivity index (χ0) is 25.8. The van der Waals surface area contributed by atoms with Crippen LogP contribution in [0.1, 0.15) is 81.4 Å². The standard InChI is InChI=1S/C30H34ClF2N3O/c31-23-11-7-8-20(19-23)18-22-14-15-25(32)27(33)26(22)29-34-16-17-36(29)28(21-9-3-1-4-10-21)30(37)35-24-12-5-2-6-13-24/h7-8,11,14-17,19,21,24,28H,1-6,9-10,12-13,18H2,(H,35,37). The van der Waals surface area contributed by atoms with Crippen LogP contribution in [0.3, 0.4) is 0 Å². The van der Waals surface area contributed by atoms with E-state index in [1.807, 2.05) is 18.2 Å². The summed E-state index contributed by atoms with van der Waals surface area (Å²) in [7, 11) is 0. The number of halogens is 3. The Bertz CT molecular complexity index is 1230. The fourth-order valence-corrected chi connectivity index (χ4v) is 6.34. The van der Waals surface area contributed by atoms with Crippen LogP contribution < -0.4 is 5.32 Å². The van der Waals surface area contributed by atoms with E-state index in [2.05, 4.69) is 10.3 Å². The van der Waals surface area contributed by atoms with Gasteiger partial charge in [-0.25, -0.2) is 13.8 Å². The second-order valence-corrected chi connectivity index (χ2v) is 11.0. The molecule has 0 radical (unpaired) electrons. The van der Waals surface area contributed by atoms with Crippen molar-refractivity contribution in [3.63, 3.8) is 0 Å². The average Bonchev–Trinajstić information content (AvgIpc) is 3.36. The van der Waals surface area contributed by atoms with E-state index in [0.29, 0.717) is 22.8 Å². The van der Waals surface area contributed by atoms with Crippen molar-refractivity contribution < 1.29 is 13.6 Å². The second kappa shape index (κ2) is 11.8. The van der Waals surface area contributed by atoms with E-state index >= 15 is 4.39 Å². The van der Waals surface area contributed by atoms with Crippen LogP contribution in [0, 0.1) is 17.6 Å². The molecule has 1 N–H and O–H groups in total. The molecule has 2 aromatic carbocycles. The molecule has 4 nitrogen and oxygen atoms in total. The molecule has 0 bridgehead atoms. The number of nitrogens with one attached hydrogen (secondary N) is 1. The molecule has 1 atom stereocenters. The van der Waals surface area contributed by atoms with Crippen LogP contribution in [0.4, 0.5) is 8.78 Å². The highest BCUT2D eigenvalue weighted by atomic mass is 35.5. The Morgan fingerprint density at radius 2 is 1.76 bits per heavy atom. The highest BCUT2D eigenvalue weighted by Gasteiger charge is 2.35. The number of rotatable bonds is 7. The molecule has 2 aliphatic carbocycles. The average molecular weight is 526 g/mol. The lowest BCUT2D eigenvalue weighted by atomic mass is 9.82. The number of imidazole rings is 1. The van der Waals surface area contributed by atoms with Gasteiger partial charge in [0.2, 0.25) is 5.91 Å². The molecule has 5 rings (SSSR count). The summed E-state index contributed by atoms with van der Waals surface area (Å²) in [4.78, 5) is 18.3. The Morgan fingerprint density at radius 1 is 1.03 bits per heavy atom. The summed E-state index contributed by atoms with van der Waals surface area (Å²) in [5.41, 5.74) is 1.59. The van der Waals surface area contributed by atoms with Gasteiger partial charge >= 0.3 is 0 Å². The summed E-state index contributed by atoms with van der Waals surface area (Å²) in [6.45, 7) is 0. The maximum absolute atomic E-state index is 15.5. The van der Waals surface area contributed by atoms with Gasteiger partial charge in [0.1, 0.15) is 11.9 Å². The Hall–Kier alpha value is -2.73. The van der Waals surface area contributed by atoms with Crippen molar-refractivity contribution in [3.05, 3.63) is 76.6 Å². The largest absolute Gasteiger partial charge is 0.352 e. The van der Waals surface area contributed by atoms with Crippen LogP contribution in [-0.4, -0.2) is 21.5 Å². The number of benzene rings is 2. The predicted molar refractivity (Wildman–Crippen MR) is 142 cm³/mol. The molecule has 0 spiro atoms. The minimum Gasteiger partial charge on any atom is -0.352 e. The minimum atomic E-state index is -0.943. The van der Waals surface area contributed by atoms with E-state index in [1.165, 1.54) is 6.42 Å². The molecule has 1 unspecified atom stereocenters. The van der Waals surface area contributed by atoms with E-state index in [4.69, 9.17) is 11.6 Å². The van der Waals surface area contributed by atoms with Crippen molar-refractivity contribution in [1.29, 1.82) is 0 Å². The molecule has 196 valence electrons. The number of amides is 1. The number of nitrogens with zero attached hydrogens (tertiary/aromatic N) is 2. The molecule has 2 fully saturated rings. The smallest absolute Gasteiger partial charge is 0.243 e. The summed E-state index contributed by atoms with van der Waals surface area (Å²) in [5.74, 6) is -1.49. The van der Waals surface area contributed by atoms with Gasteiger partial charge in [-0.15, -0.1) is 0 Å². The van der Waals surface area contributed by atoms with E-state index in [9.17, 15) is 9.18 Å². The highest BCUT2D eigenvalue weighted by molar-refractivity contribution is 6.30. The van der Waals surface area contributed by atoms with Crippen LogP contribution in [0.2, 0.25) is 5.02 Å². The molecule has 0 aliphatic heterocycles. The van der Waals surface area contributed by atoms with Crippen molar-refractivity contribution >= 4 is 17.5 Å². The Balaban J connectivity index is 1.54. The summed E-state index contributed by atoms with van der Waals surface area (Å²) in [6.07, 6.45) is 14.3. The lowest BCUT2D eigenvalue weighted by Gasteiger charge is -2.33. The predicted octanol–water partition coefficient (Wildman–Crippen LogP) is 7.64. The summed E-state index contributed by atoms with van der Waals surface area (Å²) >= 11 is 6.18. The molecule has 7 heteroatoms. The van der Waals surface area contributed by atoms with Crippen molar-refractivity contribution in [2.45, 2.75) is 82.7 Å². The van der Waals surface area contributed by atoms with Gasteiger partial charge in [0, 0.05) is 23.5 Å². The number of carbonyl (C=O) groups is 1. The summed E-state index contributed by atoms with van der Waals surface area (Å²) in [5, 5.41) is 3.88. The lowest BCUT2D eigenvalue weighted by Crippen LogP contribution is -2.43. The molecule has 1 heterocycles.